The van der Waals surface area contributed by atoms with E-state index in [1.807, 2.05) is 12.1 Å². The Morgan fingerprint density at radius 3 is 2.60 bits per heavy atom. The van der Waals surface area contributed by atoms with Crippen LogP contribution in [0.3, 0.4) is 0 Å². The van der Waals surface area contributed by atoms with E-state index < -0.39 is 0 Å². The molecule has 1 aliphatic heterocycles. The van der Waals surface area contributed by atoms with Crippen LogP contribution in [0.1, 0.15) is 42.3 Å². The zero-order valence-corrected chi connectivity index (χ0v) is 9.37. The number of rotatable bonds is 0. The quantitative estimate of drug-likeness (QED) is 0.585. The monoisotopic (exact) mass is 199 g/mol. The molecule has 15 heavy (non-hydrogen) atoms. The van der Waals surface area contributed by atoms with Crippen molar-refractivity contribution in [3.05, 3.63) is 34.9 Å². The van der Waals surface area contributed by atoms with Gasteiger partial charge >= 0.3 is 0 Å². The second kappa shape index (κ2) is 3.12. The SMILES string of the molecule is [B]N1Cc2c(cccc2C(C)(C)C)C1=O. The standard InChI is InChI=1S/C12H14BNO/c1-12(2,3)10-6-4-5-8-9(10)7-14(13)11(8)15/h4-6H,7H2,1-3H3. The van der Waals surface area contributed by atoms with Crippen LogP contribution in [0.15, 0.2) is 18.2 Å². The Morgan fingerprint density at radius 1 is 1.33 bits per heavy atom. The fourth-order valence-corrected chi connectivity index (χ4v) is 2.06. The molecule has 0 aromatic heterocycles. The van der Waals surface area contributed by atoms with Crippen LogP contribution in [-0.2, 0) is 12.0 Å². The van der Waals surface area contributed by atoms with Gasteiger partial charge in [-0.2, -0.15) is 0 Å². The molecule has 2 radical (unpaired) electrons. The highest BCUT2D eigenvalue weighted by atomic mass is 16.2. The molecule has 0 saturated heterocycles. The van der Waals surface area contributed by atoms with E-state index in [9.17, 15) is 4.79 Å². The number of nitrogens with zero attached hydrogens (tertiary/aromatic N) is 1. The van der Waals surface area contributed by atoms with Crippen molar-refractivity contribution >= 4 is 13.9 Å². The maximum absolute atomic E-state index is 11.7. The van der Waals surface area contributed by atoms with Crippen molar-refractivity contribution in [3.8, 4) is 0 Å². The second-order valence-corrected chi connectivity index (χ2v) is 5.01. The molecular weight excluding hydrogens is 185 g/mol. The van der Waals surface area contributed by atoms with Gasteiger partial charge in [-0.05, 0) is 22.6 Å². The van der Waals surface area contributed by atoms with Gasteiger partial charge in [0.05, 0.1) is 0 Å². The molecule has 1 aliphatic rings. The first-order valence-electron chi connectivity index (χ1n) is 5.10. The van der Waals surface area contributed by atoms with E-state index in [4.69, 9.17) is 7.98 Å². The van der Waals surface area contributed by atoms with Gasteiger partial charge in [-0.3, -0.25) is 4.79 Å². The summed E-state index contributed by atoms with van der Waals surface area (Å²) in [5.41, 5.74) is 3.10. The summed E-state index contributed by atoms with van der Waals surface area (Å²) in [6.07, 6.45) is 0. The summed E-state index contributed by atoms with van der Waals surface area (Å²) < 4.78 is 0. The molecule has 2 nitrogen and oxygen atoms in total. The van der Waals surface area contributed by atoms with Crippen LogP contribution >= 0.6 is 0 Å². The Labute approximate surface area is 91.7 Å². The normalized spacial score (nSPS) is 15.7. The minimum Gasteiger partial charge on any atom is -0.389 e. The van der Waals surface area contributed by atoms with E-state index in [1.165, 1.54) is 10.4 Å². The molecule has 0 fully saturated rings. The van der Waals surface area contributed by atoms with E-state index in [2.05, 4.69) is 26.8 Å². The first kappa shape index (κ1) is 10.3. The maximum atomic E-state index is 11.7. The Bertz CT molecular complexity index is 420. The zero-order valence-electron chi connectivity index (χ0n) is 9.37. The third kappa shape index (κ3) is 1.56. The van der Waals surface area contributed by atoms with Gasteiger partial charge in [0.25, 0.3) is 0 Å². The summed E-state index contributed by atoms with van der Waals surface area (Å²) >= 11 is 0. The summed E-state index contributed by atoms with van der Waals surface area (Å²) in [7, 11) is 5.62. The molecule has 1 amide bonds. The molecule has 3 heteroatoms. The molecule has 0 N–H and O–H groups in total. The number of hydrogen-bond donors (Lipinski definition) is 0. The van der Waals surface area contributed by atoms with Crippen LogP contribution in [0, 0.1) is 0 Å². The largest absolute Gasteiger partial charge is 0.389 e. The average molecular weight is 199 g/mol. The lowest BCUT2D eigenvalue weighted by Gasteiger charge is -2.22. The van der Waals surface area contributed by atoms with Gasteiger partial charge in [0, 0.05) is 12.1 Å². The summed E-state index contributed by atoms with van der Waals surface area (Å²) in [4.78, 5) is 13.0. The fourth-order valence-electron chi connectivity index (χ4n) is 2.06. The van der Waals surface area contributed by atoms with Crippen molar-refractivity contribution in [2.45, 2.75) is 32.7 Å². The Morgan fingerprint density at radius 2 is 2.00 bits per heavy atom. The lowest BCUT2D eigenvalue weighted by atomic mass is 9.83. The lowest BCUT2D eigenvalue weighted by Crippen LogP contribution is -2.19. The molecule has 0 unspecified atom stereocenters. The van der Waals surface area contributed by atoms with Crippen LogP contribution in [0.25, 0.3) is 0 Å². The van der Waals surface area contributed by atoms with Crippen molar-refractivity contribution in [1.82, 2.24) is 4.81 Å². The second-order valence-electron chi connectivity index (χ2n) is 5.01. The molecule has 0 atom stereocenters. The predicted molar refractivity (Wildman–Crippen MR) is 60.8 cm³/mol. The third-order valence-electron chi connectivity index (χ3n) is 2.80. The Hall–Kier alpha value is -1.25. The van der Waals surface area contributed by atoms with Crippen LogP contribution in [0.2, 0.25) is 0 Å². The van der Waals surface area contributed by atoms with Gasteiger partial charge < -0.3 is 4.81 Å². The number of fused-ring (bicyclic) bond motifs is 1. The van der Waals surface area contributed by atoms with Gasteiger partial charge in [0.1, 0.15) is 0 Å². The van der Waals surface area contributed by atoms with Crippen LogP contribution in [0.5, 0.6) is 0 Å². The maximum Gasteiger partial charge on any atom is 0.241 e. The molecule has 2 rings (SSSR count). The first-order chi connectivity index (χ1) is 6.91. The summed E-state index contributed by atoms with van der Waals surface area (Å²) in [6.45, 7) is 6.96. The lowest BCUT2D eigenvalue weighted by molar-refractivity contribution is 0.0880. The molecule has 0 bridgehead atoms. The zero-order chi connectivity index (χ0) is 11.2. The molecule has 1 heterocycles. The summed E-state index contributed by atoms with van der Waals surface area (Å²) in [6, 6.07) is 5.85. The highest BCUT2D eigenvalue weighted by Crippen LogP contribution is 2.32. The van der Waals surface area contributed by atoms with Crippen molar-refractivity contribution in [2.24, 2.45) is 0 Å². The van der Waals surface area contributed by atoms with Gasteiger partial charge in [-0.15, -0.1) is 0 Å². The van der Waals surface area contributed by atoms with Gasteiger partial charge in [0.2, 0.25) is 13.9 Å². The van der Waals surface area contributed by atoms with Crippen LogP contribution in [0.4, 0.5) is 0 Å². The van der Waals surface area contributed by atoms with Crippen molar-refractivity contribution in [3.63, 3.8) is 0 Å². The minimum atomic E-state index is -0.0731. The Kier molecular flexibility index (Phi) is 2.14. The summed E-state index contributed by atoms with van der Waals surface area (Å²) in [5, 5.41) is 0. The number of carbonyl (C=O) groups is 1. The molecule has 0 saturated carbocycles. The number of hydrogen-bond acceptors (Lipinski definition) is 1. The topological polar surface area (TPSA) is 20.3 Å². The highest BCUT2D eigenvalue weighted by molar-refractivity contribution is 6.20. The van der Waals surface area contributed by atoms with Crippen molar-refractivity contribution < 1.29 is 4.79 Å². The average Bonchev–Trinajstić information content (AvgIpc) is 2.41. The number of carbonyl (C=O) groups excluding carboxylic acids is 1. The molecule has 76 valence electrons. The van der Waals surface area contributed by atoms with E-state index in [0.29, 0.717) is 6.54 Å². The molecule has 0 aliphatic carbocycles. The van der Waals surface area contributed by atoms with E-state index in [-0.39, 0.29) is 11.3 Å². The molecular formula is C12H14BNO. The van der Waals surface area contributed by atoms with E-state index in [1.54, 1.807) is 0 Å². The third-order valence-corrected chi connectivity index (χ3v) is 2.80. The van der Waals surface area contributed by atoms with Crippen LogP contribution in [-0.4, -0.2) is 18.7 Å². The van der Waals surface area contributed by atoms with Gasteiger partial charge in [-0.1, -0.05) is 32.9 Å². The van der Waals surface area contributed by atoms with Gasteiger partial charge in [0.15, 0.2) is 0 Å². The smallest absolute Gasteiger partial charge is 0.241 e. The molecule has 1 aromatic carbocycles. The summed E-state index contributed by atoms with van der Waals surface area (Å²) in [5.74, 6) is -0.0731. The fraction of sp³-hybridized carbons (Fsp3) is 0.417. The predicted octanol–water partition coefficient (Wildman–Crippen LogP) is 2.02. The van der Waals surface area contributed by atoms with Crippen LogP contribution < -0.4 is 0 Å². The van der Waals surface area contributed by atoms with Crippen molar-refractivity contribution in [2.75, 3.05) is 0 Å². The minimum absolute atomic E-state index is 0.0524. The number of amides is 1. The Balaban J connectivity index is 2.60. The molecule has 0 spiro atoms. The molecule has 1 aromatic rings. The first-order valence-corrected chi connectivity index (χ1v) is 5.10. The van der Waals surface area contributed by atoms with E-state index >= 15 is 0 Å². The van der Waals surface area contributed by atoms with E-state index in [0.717, 1.165) is 11.1 Å². The highest BCUT2D eigenvalue weighted by Gasteiger charge is 2.29. The van der Waals surface area contributed by atoms with Crippen molar-refractivity contribution in [1.29, 1.82) is 0 Å². The van der Waals surface area contributed by atoms with Gasteiger partial charge in [-0.25, -0.2) is 0 Å². The number of benzene rings is 1.